The summed E-state index contributed by atoms with van der Waals surface area (Å²) in [6.07, 6.45) is 3.08. The van der Waals surface area contributed by atoms with Gasteiger partial charge in [-0.2, -0.15) is 12.6 Å². The first-order valence-electron chi connectivity index (χ1n) is 13.7. The van der Waals surface area contributed by atoms with Crippen LogP contribution in [0.2, 0.25) is 0 Å². The van der Waals surface area contributed by atoms with E-state index in [2.05, 4.69) is 33.6 Å². The first-order valence-corrected chi connectivity index (χ1v) is 14.3. The van der Waals surface area contributed by atoms with Crippen LogP contribution in [0.3, 0.4) is 0 Å². The second kappa shape index (κ2) is 15.8. The number of phenolic OH excluding ortho intramolecular Hbond substituents is 1. The SMILES string of the molecule is NCCCCC(NC(=O)C(Cc1ccc(O)cc1)NC(=O)C(Cc1c[nH]c2ccccc12)NC(=O)C(N)CS)C(=O)O. The van der Waals surface area contributed by atoms with E-state index in [0.29, 0.717) is 24.9 Å². The smallest absolute Gasteiger partial charge is 0.326 e. The lowest BCUT2D eigenvalue weighted by atomic mass is 10.0. The lowest BCUT2D eigenvalue weighted by Gasteiger charge is -2.25. The number of aromatic hydroxyl groups is 1. The van der Waals surface area contributed by atoms with E-state index >= 15 is 0 Å². The molecule has 0 aliphatic carbocycles. The van der Waals surface area contributed by atoms with Crippen molar-refractivity contribution in [2.45, 2.75) is 56.3 Å². The van der Waals surface area contributed by atoms with Gasteiger partial charge in [-0.3, -0.25) is 14.4 Å². The minimum absolute atomic E-state index is 0.00308. The van der Waals surface area contributed by atoms with E-state index in [9.17, 15) is 29.4 Å². The third kappa shape index (κ3) is 9.23. The largest absolute Gasteiger partial charge is 0.508 e. The number of nitrogens with two attached hydrogens (primary N) is 2. The molecular formula is C29H38N6O6S. The van der Waals surface area contributed by atoms with Crippen molar-refractivity contribution in [3.8, 4) is 5.75 Å². The number of carbonyl (C=O) groups excluding carboxylic acids is 3. The second-order valence-corrected chi connectivity index (χ2v) is 10.4. The van der Waals surface area contributed by atoms with Gasteiger partial charge in [-0.15, -0.1) is 0 Å². The molecule has 12 nitrogen and oxygen atoms in total. The summed E-state index contributed by atoms with van der Waals surface area (Å²) in [6.45, 7) is 0.389. The van der Waals surface area contributed by atoms with E-state index in [0.717, 1.165) is 16.5 Å². The molecule has 0 bridgehead atoms. The molecule has 0 aliphatic rings. The Balaban J connectivity index is 1.87. The summed E-state index contributed by atoms with van der Waals surface area (Å²) >= 11 is 4.07. The van der Waals surface area contributed by atoms with Crippen molar-refractivity contribution >= 4 is 47.2 Å². The molecule has 10 N–H and O–H groups in total. The van der Waals surface area contributed by atoms with Gasteiger partial charge in [0.15, 0.2) is 0 Å². The summed E-state index contributed by atoms with van der Waals surface area (Å²) in [4.78, 5) is 54.8. The third-order valence-corrected chi connectivity index (χ3v) is 7.23. The summed E-state index contributed by atoms with van der Waals surface area (Å²) in [7, 11) is 0. The topological polar surface area (TPSA) is 213 Å². The van der Waals surface area contributed by atoms with E-state index < -0.39 is 47.9 Å². The Morgan fingerprint density at radius 3 is 2.12 bits per heavy atom. The van der Waals surface area contributed by atoms with Gasteiger partial charge in [0.05, 0.1) is 6.04 Å². The molecule has 3 rings (SSSR count). The molecule has 0 radical (unpaired) electrons. The monoisotopic (exact) mass is 598 g/mol. The minimum Gasteiger partial charge on any atom is -0.508 e. The lowest BCUT2D eigenvalue weighted by Crippen LogP contribution is -2.58. The summed E-state index contributed by atoms with van der Waals surface area (Å²) in [5.74, 6) is -3.08. The molecule has 4 unspecified atom stereocenters. The van der Waals surface area contributed by atoms with Crippen LogP contribution >= 0.6 is 12.6 Å². The molecule has 13 heteroatoms. The molecule has 0 aliphatic heterocycles. The fourth-order valence-electron chi connectivity index (χ4n) is 4.46. The number of phenols is 1. The zero-order valence-electron chi connectivity index (χ0n) is 23.1. The number of rotatable bonds is 16. The number of amides is 3. The van der Waals surface area contributed by atoms with Gasteiger partial charge in [-0.1, -0.05) is 30.3 Å². The molecule has 42 heavy (non-hydrogen) atoms. The predicted molar refractivity (Wildman–Crippen MR) is 162 cm³/mol. The van der Waals surface area contributed by atoms with Gasteiger partial charge in [0.2, 0.25) is 17.7 Å². The third-order valence-electron chi connectivity index (χ3n) is 6.84. The van der Waals surface area contributed by atoms with Gasteiger partial charge >= 0.3 is 5.97 Å². The number of aromatic amines is 1. The Bertz CT molecular complexity index is 1360. The van der Waals surface area contributed by atoms with Crippen molar-refractivity contribution in [1.82, 2.24) is 20.9 Å². The van der Waals surface area contributed by atoms with Crippen molar-refractivity contribution in [1.29, 1.82) is 0 Å². The Morgan fingerprint density at radius 2 is 1.48 bits per heavy atom. The number of hydrogen-bond acceptors (Lipinski definition) is 8. The number of para-hydroxylation sites is 1. The minimum atomic E-state index is -1.21. The summed E-state index contributed by atoms with van der Waals surface area (Å²) < 4.78 is 0. The Morgan fingerprint density at radius 1 is 0.857 bits per heavy atom. The molecule has 0 fully saturated rings. The number of fused-ring (bicyclic) bond motifs is 1. The van der Waals surface area contributed by atoms with Crippen molar-refractivity contribution < 1.29 is 29.4 Å². The Hall–Kier alpha value is -4.07. The predicted octanol–water partition coefficient (Wildman–Crippen LogP) is 0.584. The molecule has 1 heterocycles. The molecule has 3 amide bonds. The van der Waals surface area contributed by atoms with Crippen LogP contribution in [0.4, 0.5) is 0 Å². The fourth-order valence-corrected chi connectivity index (χ4v) is 4.63. The van der Waals surface area contributed by atoms with Crippen LogP contribution in [0.15, 0.2) is 54.7 Å². The van der Waals surface area contributed by atoms with E-state index in [1.165, 1.54) is 12.1 Å². The number of aliphatic carboxylic acids is 1. The van der Waals surface area contributed by atoms with Crippen LogP contribution < -0.4 is 27.4 Å². The number of unbranched alkanes of at least 4 members (excludes halogenated alkanes) is 1. The molecule has 0 saturated heterocycles. The molecule has 4 atom stereocenters. The van der Waals surface area contributed by atoms with Gasteiger partial charge in [-0.05, 0) is 55.1 Å². The van der Waals surface area contributed by atoms with Crippen molar-refractivity contribution in [2.24, 2.45) is 11.5 Å². The average Bonchev–Trinajstić information content (AvgIpc) is 3.39. The molecule has 0 spiro atoms. The van der Waals surface area contributed by atoms with Crippen LogP contribution in [0.1, 0.15) is 30.4 Å². The first-order chi connectivity index (χ1) is 20.1. The number of aromatic nitrogens is 1. The maximum atomic E-state index is 13.7. The van der Waals surface area contributed by atoms with Crippen LogP contribution in [0.5, 0.6) is 5.75 Å². The quantitative estimate of drug-likeness (QED) is 0.0838. The molecule has 3 aromatic rings. The highest BCUT2D eigenvalue weighted by atomic mass is 32.1. The van der Waals surface area contributed by atoms with Crippen LogP contribution in [0.25, 0.3) is 10.9 Å². The molecule has 1 aromatic heterocycles. The van der Waals surface area contributed by atoms with Crippen LogP contribution in [0, 0.1) is 0 Å². The normalized spacial score (nSPS) is 14.0. The van der Waals surface area contributed by atoms with Gasteiger partial charge in [0, 0.05) is 35.7 Å². The fraction of sp³-hybridized carbons (Fsp3) is 0.379. The molecule has 0 saturated carbocycles. The maximum Gasteiger partial charge on any atom is 0.326 e. The van der Waals surface area contributed by atoms with E-state index in [-0.39, 0.29) is 30.8 Å². The van der Waals surface area contributed by atoms with Gasteiger partial charge < -0.3 is 42.6 Å². The highest BCUT2D eigenvalue weighted by Crippen LogP contribution is 2.19. The van der Waals surface area contributed by atoms with Gasteiger partial charge in [-0.25, -0.2) is 4.79 Å². The number of hydrogen-bond donors (Lipinski definition) is 9. The number of nitrogens with one attached hydrogen (secondary N) is 4. The number of carbonyl (C=O) groups is 4. The summed E-state index contributed by atoms with van der Waals surface area (Å²) in [5, 5.41) is 28.1. The highest BCUT2D eigenvalue weighted by Gasteiger charge is 2.31. The van der Waals surface area contributed by atoms with E-state index in [1.54, 1.807) is 18.3 Å². The van der Waals surface area contributed by atoms with Crippen LogP contribution in [-0.2, 0) is 32.0 Å². The summed E-state index contributed by atoms with van der Waals surface area (Å²) in [5.41, 5.74) is 13.6. The van der Waals surface area contributed by atoms with Gasteiger partial charge in [0.1, 0.15) is 23.9 Å². The van der Waals surface area contributed by atoms with Crippen molar-refractivity contribution in [2.75, 3.05) is 12.3 Å². The second-order valence-electron chi connectivity index (χ2n) is 10.0. The molecular weight excluding hydrogens is 560 g/mol. The number of benzene rings is 2. The number of thiol groups is 1. The van der Waals surface area contributed by atoms with E-state index in [1.807, 2.05) is 24.3 Å². The zero-order valence-corrected chi connectivity index (χ0v) is 24.0. The zero-order chi connectivity index (χ0) is 30.6. The Labute approximate surface area is 249 Å². The maximum absolute atomic E-state index is 13.7. The number of H-pyrrole nitrogens is 1. The summed E-state index contributed by atoms with van der Waals surface area (Å²) in [6, 6.07) is 9.10. The molecule has 226 valence electrons. The van der Waals surface area contributed by atoms with Crippen LogP contribution in [-0.4, -0.2) is 75.4 Å². The first kappa shape index (κ1) is 32.4. The highest BCUT2D eigenvalue weighted by molar-refractivity contribution is 7.80. The number of carboxylic acid groups (broad SMARTS) is 1. The van der Waals surface area contributed by atoms with Crippen molar-refractivity contribution in [3.05, 3.63) is 65.9 Å². The number of carboxylic acids is 1. The Kier molecular flexibility index (Phi) is 12.2. The molecule has 2 aromatic carbocycles. The average molecular weight is 599 g/mol. The van der Waals surface area contributed by atoms with Gasteiger partial charge in [0.25, 0.3) is 0 Å². The van der Waals surface area contributed by atoms with E-state index in [4.69, 9.17) is 11.5 Å². The standard InChI is InChI=1S/C29H38N6O6S/c30-12-4-3-7-23(29(40)41)33-27(38)24(13-17-8-10-19(36)11-9-17)35-28(39)25(34-26(37)21(31)16-42)14-18-15-32-22-6-2-1-5-20(18)22/h1-2,5-6,8-11,15,21,23-25,32,36,42H,3-4,7,12-14,16,30-31H2,(H,33,38)(H,34,37)(H,35,39)(H,40,41). The lowest BCUT2D eigenvalue weighted by molar-refractivity contribution is -0.142. The van der Waals surface area contributed by atoms with Crippen molar-refractivity contribution in [3.63, 3.8) is 0 Å².